The van der Waals surface area contributed by atoms with Gasteiger partial charge in [-0.25, -0.2) is 4.39 Å². The molecule has 33 heavy (non-hydrogen) atoms. The SMILES string of the molecule is Cc1ccc(C(c2ccc(F)cc2)N2CCN(C(=O)[C@@H]3CCCCN3CC3CC3)CC2)cc1. The number of benzene rings is 2. The van der Waals surface area contributed by atoms with Crippen LogP contribution in [0, 0.1) is 18.7 Å². The fraction of sp³-hybridized carbons (Fsp3) is 0.536. The van der Waals surface area contributed by atoms with Crippen LogP contribution in [0.1, 0.15) is 54.8 Å². The minimum absolute atomic E-state index is 0.0736. The number of likely N-dealkylation sites (tertiary alicyclic amines) is 1. The molecule has 0 radical (unpaired) electrons. The van der Waals surface area contributed by atoms with E-state index in [9.17, 15) is 9.18 Å². The summed E-state index contributed by atoms with van der Waals surface area (Å²) in [4.78, 5) is 20.5. The van der Waals surface area contributed by atoms with Crippen LogP contribution in [0.4, 0.5) is 4.39 Å². The molecule has 2 aromatic rings. The summed E-state index contributed by atoms with van der Waals surface area (Å²) in [6.07, 6.45) is 6.06. The fourth-order valence-electron chi connectivity index (χ4n) is 5.54. The molecular formula is C28H36FN3O. The Hall–Kier alpha value is -2.24. The number of hydrogen-bond acceptors (Lipinski definition) is 3. The van der Waals surface area contributed by atoms with Crippen LogP contribution in [0.3, 0.4) is 0 Å². The smallest absolute Gasteiger partial charge is 0.240 e. The lowest BCUT2D eigenvalue weighted by atomic mass is 9.95. The van der Waals surface area contributed by atoms with E-state index in [-0.39, 0.29) is 17.9 Å². The topological polar surface area (TPSA) is 26.8 Å². The molecule has 2 aromatic carbocycles. The van der Waals surface area contributed by atoms with E-state index in [4.69, 9.17) is 0 Å². The van der Waals surface area contributed by atoms with Gasteiger partial charge in [-0.1, -0.05) is 48.4 Å². The minimum atomic E-state index is -0.208. The lowest BCUT2D eigenvalue weighted by molar-refractivity contribution is -0.140. The minimum Gasteiger partial charge on any atom is -0.339 e. The standard InChI is InChI=1S/C28H36FN3O/c1-21-5-9-23(10-6-21)27(24-11-13-25(29)14-12-24)30-16-18-31(19-17-30)28(33)26-4-2-3-15-32(26)20-22-7-8-22/h5-6,9-14,22,26-27H,2-4,7-8,15-20H2,1H3/t26-,27?/m0/s1. The average Bonchev–Trinajstić information content (AvgIpc) is 3.66. The molecule has 1 saturated carbocycles. The van der Waals surface area contributed by atoms with Crippen LogP contribution in [0.2, 0.25) is 0 Å². The number of hydrogen-bond donors (Lipinski definition) is 0. The van der Waals surface area contributed by atoms with E-state index in [1.54, 1.807) is 12.1 Å². The van der Waals surface area contributed by atoms with Gasteiger partial charge in [0.15, 0.2) is 0 Å². The Morgan fingerprint density at radius 1 is 0.879 bits per heavy atom. The number of halogens is 1. The lowest BCUT2D eigenvalue weighted by Gasteiger charge is -2.43. The van der Waals surface area contributed by atoms with E-state index in [1.807, 2.05) is 12.1 Å². The van der Waals surface area contributed by atoms with Crippen LogP contribution in [0.5, 0.6) is 0 Å². The van der Waals surface area contributed by atoms with Crippen molar-refractivity contribution in [2.24, 2.45) is 5.92 Å². The van der Waals surface area contributed by atoms with Crippen LogP contribution in [0.15, 0.2) is 48.5 Å². The van der Waals surface area contributed by atoms with Gasteiger partial charge in [-0.15, -0.1) is 0 Å². The molecule has 1 amide bonds. The third-order valence-electron chi connectivity index (χ3n) is 7.66. The Kier molecular flexibility index (Phi) is 6.79. The monoisotopic (exact) mass is 449 g/mol. The summed E-state index contributed by atoms with van der Waals surface area (Å²) in [5.74, 6) is 0.949. The van der Waals surface area contributed by atoms with Crippen LogP contribution in [-0.2, 0) is 4.79 Å². The Morgan fingerprint density at radius 3 is 2.15 bits per heavy atom. The van der Waals surface area contributed by atoms with Gasteiger partial charge in [-0.05, 0) is 68.3 Å². The van der Waals surface area contributed by atoms with Gasteiger partial charge in [0.1, 0.15) is 5.82 Å². The largest absolute Gasteiger partial charge is 0.339 e. The van der Waals surface area contributed by atoms with Crippen LogP contribution < -0.4 is 0 Å². The first-order valence-electron chi connectivity index (χ1n) is 12.7. The summed E-state index contributed by atoms with van der Waals surface area (Å²) in [5.41, 5.74) is 3.55. The fourth-order valence-corrected chi connectivity index (χ4v) is 5.54. The summed E-state index contributed by atoms with van der Waals surface area (Å²) < 4.78 is 13.6. The second-order valence-corrected chi connectivity index (χ2v) is 10.2. The maximum Gasteiger partial charge on any atom is 0.240 e. The summed E-state index contributed by atoms with van der Waals surface area (Å²) in [6.45, 7) is 7.46. The number of piperidine rings is 1. The summed E-state index contributed by atoms with van der Waals surface area (Å²) in [5, 5.41) is 0. The Labute approximate surface area is 197 Å². The second kappa shape index (κ2) is 9.94. The molecule has 4 nitrogen and oxygen atoms in total. The number of rotatable bonds is 6. The molecule has 2 heterocycles. The van der Waals surface area contributed by atoms with Gasteiger partial charge in [0, 0.05) is 32.7 Å². The predicted molar refractivity (Wildman–Crippen MR) is 130 cm³/mol. The van der Waals surface area contributed by atoms with Crippen molar-refractivity contribution in [3.8, 4) is 0 Å². The molecule has 2 saturated heterocycles. The molecule has 1 unspecified atom stereocenters. The molecule has 0 spiro atoms. The van der Waals surface area contributed by atoms with Crippen molar-refractivity contribution >= 4 is 5.91 Å². The number of aryl methyl sites for hydroxylation is 1. The van der Waals surface area contributed by atoms with Crippen LogP contribution in [-0.4, -0.2) is 65.9 Å². The zero-order valence-corrected chi connectivity index (χ0v) is 19.8. The van der Waals surface area contributed by atoms with Gasteiger partial charge in [0.25, 0.3) is 0 Å². The molecule has 5 rings (SSSR count). The molecule has 2 atom stereocenters. The first-order valence-corrected chi connectivity index (χ1v) is 12.7. The predicted octanol–water partition coefficient (Wildman–Crippen LogP) is 4.63. The van der Waals surface area contributed by atoms with E-state index < -0.39 is 0 Å². The van der Waals surface area contributed by atoms with Gasteiger partial charge in [-0.2, -0.15) is 0 Å². The van der Waals surface area contributed by atoms with E-state index in [0.717, 1.165) is 63.6 Å². The quantitative estimate of drug-likeness (QED) is 0.643. The second-order valence-electron chi connectivity index (χ2n) is 10.2. The van der Waals surface area contributed by atoms with Gasteiger partial charge in [0.05, 0.1) is 12.1 Å². The van der Waals surface area contributed by atoms with E-state index in [0.29, 0.717) is 5.91 Å². The van der Waals surface area contributed by atoms with E-state index in [1.165, 1.54) is 30.4 Å². The zero-order valence-electron chi connectivity index (χ0n) is 19.8. The molecule has 1 aliphatic carbocycles. The molecule has 3 aliphatic rings. The summed E-state index contributed by atoms with van der Waals surface area (Å²) in [6, 6.07) is 15.7. The molecule has 2 aliphatic heterocycles. The van der Waals surface area contributed by atoms with Crippen molar-refractivity contribution in [3.05, 3.63) is 71.0 Å². The van der Waals surface area contributed by atoms with Crippen molar-refractivity contribution in [2.75, 3.05) is 39.3 Å². The first kappa shape index (κ1) is 22.5. The average molecular weight is 450 g/mol. The first-order chi connectivity index (χ1) is 16.1. The van der Waals surface area contributed by atoms with E-state index >= 15 is 0 Å². The normalized spacial score (nSPS) is 23.5. The summed E-state index contributed by atoms with van der Waals surface area (Å²) >= 11 is 0. The van der Waals surface area contributed by atoms with Crippen molar-refractivity contribution in [1.82, 2.24) is 14.7 Å². The number of carbonyl (C=O) groups is 1. The van der Waals surface area contributed by atoms with Crippen molar-refractivity contribution in [2.45, 2.75) is 51.1 Å². The molecule has 5 heteroatoms. The van der Waals surface area contributed by atoms with Gasteiger partial charge in [0.2, 0.25) is 5.91 Å². The van der Waals surface area contributed by atoms with Gasteiger partial charge in [-0.3, -0.25) is 14.6 Å². The third kappa shape index (κ3) is 5.30. The van der Waals surface area contributed by atoms with Gasteiger partial charge < -0.3 is 4.90 Å². The zero-order chi connectivity index (χ0) is 22.8. The molecule has 0 N–H and O–H groups in total. The van der Waals surface area contributed by atoms with Crippen LogP contribution >= 0.6 is 0 Å². The van der Waals surface area contributed by atoms with Crippen molar-refractivity contribution in [1.29, 1.82) is 0 Å². The molecule has 176 valence electrons. The maximum atomic E-state index is 13.6. The molecule has 0 bridgehead atoms. The maximum absolute atomic E-state index is 13.6. The lowest BCUT2D eigenvalue weighted by Crippen LogP contribution is -2.56. The Balaban J connectivity index is 1.28. The Morgan fingerprint density at radius 2 is 1.52 bits per heavy atom. The molecule has 3 fully saturated rings. The van der Waals surface area contributed by atoms with Crippen LogP contribution in [0.25, 0.3) is 0 Å². The highest BCUT2D eigenvalue weighted by Gasteiger charge is 2.37. The van der Waals surface area contributed by atoms with Crippen molar-refractivity contribution in [3.63, 3.8) is 0 Å². The van der Waals surface area contributed by atoms with E-state index in [2.05, 4.69) is 45.9 Å². The summed E-state index contributed by atoms with van der Waals surface area (Å²) in [7, 11) is 0. The highest BCUT2D eigenvalue weighted by Crippen LogP contribution is 2.33. The molecular weight excluding hydrogens is 413 g/mol. The highest BCUT2D eigenvalue weighted by atomic mass is 19.1. The molecule has 0 aromatic heterocycles. The third-order valence-corrected chi connectivity index (χ3v) is 7.66. The number of carbonyl (C=O) groups excluding carboxylic acids is 1. The Bertz CT molecular complexity index is 887. The van der Waals surface area contributed by atoms with Crippen molar-refractivity contribution < 1.29 is 9.18 Å². The van der Waals surface area contributed by atoms with Gasteiger partial charge >= 0.3 is 0 Å². The number of piperazine rings is 1. The highest BCUT2D eigenvalue weighted by molar-refractivity contribution is 5.82. The number of nitrogens with zero attached hydrogens (tertiary/aromatic N) is 3. The number of amides is 1.